The average Bonchev–Trinajstić information content (AvgIpc) is 2.40. The molecule has 0 aliphatic carbocycles. The van der Waals surface area contributed by atoms with Crippen molar-refractivity contribution in [1.82, 2.24) is 14.5 Å². The Kier molecular flexibility index (Phi) is 5.59. The second-order valence-electron chi connectivity index (χ2n) is 6.18. The third kappa shape index (κ3) is 5.54. The molecular formula is C13H26N4O3S. The maximum atomic E-state index is 12.3. The number of carbonyl (C=O) groups excluding carboxylic acids is 1. The van der Waals surface area contributed by atoms with Gasteiger partial charge in [0.1, 0.15) is 0 Å². The van der Waals surface area contributed by atoms with Crippen molar-refractivity contribution in [2.45, 2.75) is 37.8 Å². The molecule has 2 heterocycles. The molecule has 2 aliphatic rings. The van der Waals surface area contributed by atoms with Crippen LogP contribution in [0.2, 0.25) is 0 Å². The highest BCUT2D eigenvalue weighted by Gasteiger charge is 2.27. The zero-order chi connectivity index (χ0) is 15.5. The number of hydrogen-bond acceptors (Lipinski definition) is 5. The summed E-state index contributed by atoms with van der Waals surface area (Å²) in [5.41, 5.74) is 5.86. The molecule has 0 bridgehead atoms. The molecule has 1 amide bonds. The number of nitrogens with two attached hydrogens (primary N) is 1. The van der Waals surface area contributed by atoms with E-state index in [9.17, 15) is 13.2 Å². The summed E-state index contributed by atoms with van der Waals surface area (Å²) in [6, 6.07) is 0.0992. The Hall–Kier alpha value is -0.700. The van der Waals surface area contributed by atoms with E-state index in [4.69, 9.17) is 5.73 Å². The Morgan fingerprint density at radius 3 is 2.52 bits per heavy atom. The van der Waals surface area contributed by atoms with E-state index in [1.165, 1.54) is 0 Å². The van der Waals surface area contributed by atoms with E-state index in [2.05, 4.69) is 9.62 Å². The van der Waals surface area contributed by atoms with Crippen LogP contribution in [-0.4, -0.2) is 75.2 Å². The fourth-order valence-corrected chi connectivity index (χ4v) is 3.80. The van der Waals surface area contributed by atoms with Crippen molar-refractivity contribution in [3.05, 3.63) is 0 Å². The number of nitrogens with zero attached hydrogens (tertiary/aromatic N) is 2. The van der Waals surface area contributed by atoms with Crippen LogP contribution < -0.4 is 10.5 Å². The summed E-state index contributed by atoms with van der Waals surface area (Å²) in [5, 5.41) is 0. The third-order valence-electron chi connectivity index (χ3n) is 4.15. The van der Waals surface area contributed by atoms with Gasteiger partial charge in [0, 0.05) is 38.3 Å². The minimum absolute atomic E-state index is 0.0884. The van der Waals surface area contributed by atoms with E-state index in [0.717, 1.165) is 45.0 Å². The Morgan fingerprint density at radius 2 is 1.90 bits per heavy atom. The van der Waals surface area contributed by atoms with Crippen LogP contribution in [-0.2, 0) is 14.8 Å². The van der Waals surface area contributed by atoms with Gasteiger partial charge in [-0.3, -0.25) is 9.69 Å². The lowest BCUT2D eigenvalue weighted by molar-refractivity contribution is -0.134. The lowest BCUT2D eigenvalue weighted by Gasteiger charge is -2.35. The molecule has 0 aromatic heterocycles. The van der Waals surface area contributed by atoms with Crippen LogP contribution in [0.1, 0.15) is 25.7 Å². The summed E-state index contributed by atoms with van der Waals surface area (Å²) in [6.07, 6.45) is 4.65. The number of piperidine rings is 2. The molecule has 0 spiro atoms. The molecule has 122 valence electrons. The number of likely N-dealkylation sites (tertiary alicyclic amines) is 2. The molecule has 1 atom stereocenters. The monoisotopic (exact) mass is 318 g/mol. The molecule has 2 saturated heterocycles. The first-order valence-electron chi connectivity index (χ1n) is 7.56. The van der Waals surface area contributed by atoms with Gasteiger partial charge in [0.15, 0.2) is 0 Å². The molecular weight excluding hydrogens is 292 g/mol. The maximum absolute atomic E-state index is 12.3. The lowest BCUT2D eigenvalue weighted by Crippen LogP contribution is -2.52. The molecule has 2 fully saturated rings. The second kappa shape index (κ2) is 7.04. The molecule has 0 aromatic rings. The van der Waals surface area contributed by atoms with Crippen LogP contribution in [0.5, 0.6) is 0 Å². The van der Waals surface area contributed by atoms with Gasteiger partial charge in [-0.25, -0.2) is 13.1 Å². The number of amides is 1. The number of rotatable bonds is 4. The molecule has 1 unspecified atom stereocenters. The summed E-state index contributed by atoms with van der Waals surface area (Å²) in [6.45, 7) is 3.34. The minimum Gasteiger partial charge on any atom is -0.340 e. The van der Waals surface area contributed by atoms with Crippen molar-refractivity contribution in [3.63, 3.8) is 0 Å². The standard InChI is InChI=1S/C13H26N4O3S/c1-21(19,20)15-12-3-2-6-17(9-12)13(18)10-16-7-4-11(14)5-8-16/h11-12,15H,2-10,14H2,1H3. The van der Waals surface area contributed by atoms with Crippen molar-refractivity contribution in [1.29, 1.82) is 0 Å². The number of nitrogens with one attached hydrogen (secondary N) is 1. The third-order valence-corrected chi connectivity index (χ3v) is 4.91. The number of carbonyl (C=O) groups is 1. The number of sulfonamides is 1. The Bertz CT molecular complexity index is 460. The van der Waals surface area contributed by atoms with E-state index in [1.807, 2.05) is 0 Å². The molecule has 0 saturated carbocycles. The highest BCUT2D eigenvalue weighted by Crippen LogP contribution is 2.13. The molecule has 8 heteroatoms. The van der Waals surface area contributed by atoms with Crippen molar-refractivity contribution in [2.75, 3.05) is 39.0 Å². The van der Waals surface area contributed by atoms with Gasteiger partial charge < -0.3 is 10.6 Å². The first-order valence-corrected chi connectivity index (χ1v) is 9.45. The summed E-state index contributed by atoms with van der Waals surface area (Å²) >= 11 is 0. The molecule has 7 nitrogen and oxygen atoms in total. The Labute approximate surface area is 126 Å². The van der Waals surface area contributed by atoms with Gasteiger partial charge in [-0.1, -0.05) is 0 Å². The van der Waals surface area contributed by atoms with E-state index >= 15 is 0 Å². The molecule has 2 rings (SSSR count). The van der Waals surface area contributed by atoms with E-state index < -0.39 is 10.0 Å². The zero-order valence-corrected chi connectivity index (χ0v) is 13.4. The average molecular weight is 318 g/mol. The largest absolute Gasteiger partial charge is 0.340 e. The highest BCUT2D eigenvalue weighted by atomic mass is 32.2. The van der Waals surface area contributed by atoms with Gasteiger partial charge in [0.05, 0.1) is 12.8 Å². The topological polar surface area (TPSA) is 95.7 Å². The van der Waals surface area contributed by atoms with Crippen LogP contribution in [0.25, 0.3) is 0 Å². The lowest BCUT2D eigenvalue weighted by atomic mass is 10.1. The van der Waals surface area contributed by atoms with Gasteiger partial charge in [0.25, 0.3) is 0 Å². The van der Waals surface area contributed by atoms with E-state index in [1.54, 1.807) is 4.90 Å². The highest BCUT2D eigenvalue weighted by molar-refractivity contribution is 7.88. The van der Waals surface area contributed by atoms with Crippen molar-refractivity contribution < 1.29 is 13.2 Å². The zero-order valence-electron chi connectivity index (χ0n) is 12.6. The fraction of sp³-hybridized carbons (Fsp3) is 0.923. The summed E-state index contributed by atoms with van der Waals surface area (Å²) in [7, 11) is -3.22. The van der Waals surface area contributed by atoms with Crippen molar-refractivity contribution >= 4 is 15.9 Å². The first-order chi connectivity index (χ1) is 9.83. The summed E-state index contributed by atoms with van der Waals surface area (Å²) in [5.74, 6) is 0.0884. The van der Waals surface area contributed by atoms with Crippen LogP contribution in [0.3, 0.4) is 0 Å². The molecule has 2 aliphatic heterocycles. The van der Waals surface area contributed by atoms with E-state index in [-0.39, 0.29) is 18.0 Å². The number of hydrogen-bond donors (Lipinski definition) is 2. The van der Waals surface area contributed by atoms with Crippen LogP contribution in [0.15, 0.2) is 0 Å². The predicted molar refractivity (Wildman–Crippen MR) is 81.2 cm³/mol. The maximum Gasteiger partial charge on any atom is 0.236 e. The Morgan fingerprint density at radius 1 is 1.24 bits per heavy atom. The van der Waals surface area contributed by atoms with Gasteiger partial charge in [-0.15, -0.1) is 0 Å². The molecule has 0 radical (unpaired) electrons. The first kappa shape index (κ1) is 16.7. The fourth-order valence-electron chi connectivity index (χ4n) is 3.00. The quantitative estimate of drug-likeness (QED) is 0.689. The van der Waals surface area contributed by atoms with Crippen LogP contribution in [0, 0.1) is 0 Å². The Balaban J connectivity index is 1.81. The summed E-state index contributed by atoms with van der Waals surface area (Å²) in [4.78, 5) is 16.3. The smallest absolute Gasteiger partial charge is 0.236 e. The van der Waals surface area contributed by atoms with Gasteiger partial charge in [-0.05, 0) is 25.7 Å². The predicted octanol–water partition coefficient (Wildman–Crippen LogP) is -1.05. The SMILES string of the molecule is CS(=O)(=O)NC1CCCN(C(=O)CN2CCC(N)CC2)C1. The summed E-state index contributed by atoms with van der Waals surface area (Å²) < 4.78 is 25.2. The van der Waals surface area contributed by atoms with Gasteiger partial charge >= 0.3 is 0 Å². The molecule has 0 aromatic carbocycles. The van der Waals surface area contributed by atoms with Crippen LogP contribution >= 0.6 is 0 Å². The minimum atomic E-state index is -3.22. The molecule has 3 N–H and O–H groups in total. The normalized spacial score (nSPS) is 26.0. The van der Waals surface area contributed by atoms with E-state index in [0.29, 0.717) is 19.6 Å². The van der Waals surface area contributed by atoms with Crippen molar-refractivity contribution in [2.24, 2.45) is 5.73 Å². The second-order valence-corrected chi connectivity index (χ2v) is 7.96. The van der Waals surface area contributed by atoms with Crippen LogP contribution in [0.4, 0.5) is 0 Å². The molecule has 21 heavy (non-hydrogen) atoms. The van der Waals surface area contributed by atoms with Gasteiger partial charge in [0.2, 0.25) is 15.9 Å². The van der Waals surface area contributed by atoms with Crippen molar-refractivity contribution in [3.8, 4) is 0 Å². The van der Waals surface area contributed by atoms with Gasteiger partial charge in [-0.2, -0.15) is 0 Å².